The van der Waals surface area contributed by atoms with Gasteiger partial charge in [-0.05, 0) is 42.9 Å². The summed E-state index contributed by atoms with van der Waals surface area (Å²) in [5.41, 5.74) is 5.78. The largest absolute Gasteiger partial charge is 0.493 e. The zero-order chi connectivity index (χ0) is 14.5. The molecule has 0 aromatic heterocycles. The van der Waals surface area contributed by atoms with Gasteiger partial charge in [0, 0.05) is 23.5 Å². The van der Waals surface area contributed by atoms with E-state index < -0.39 is 0 Å². The van der Waals surface area contributed by atoms with Gasteiger partial charge in [0.25, 0.3) is 0 Å². The summed E-state index contributed by atoms with van der Waals surface area (Å²) in [4.78, 5) is 0. The number of benzene rings is 1. The summed E-state index contributed by atoms with van der Waals surface area (Å²) >= 11 is 2.11. The molecule has 1 aromatic carbocycles. The maximum atomic E-state index is 5.73. The van der Waals surface area contributed by atoms with Crippen molar-refractivity contribution in [1.82, 2.24) is 5.43 Å². The first kappa shape index (κ1) is 15.2. The molecule has 3 rings (SSSR count). The van der Waals surface area contributed by atoms with Crippen molar-refractivity contribution >= 4 is 11.8 Å². The van der Waals surface area contributed by atoms with Crippen LogP contribution in [-0.2, 0) is 12.8 Å². The molecule has 0 radical (unpaired) electrons. The van der Waals surface area contributed by atoms with E-state index in [0.717, 1.165) is 42.6 Å². The van der Waals surface area contributed by atoms with Crippen LogP contribution in [0.5, 0.6) is 5.75 Å². The molecule has 3 N–H and O–H groups in total. The maximum absolute atomic E-state index is 5.73. The Labute approximate surface area is 132 Å². The Balaban J connectivity index is 1.45. The van der Waals surface area contributed by atoms with Gasteiger partial charge in [-0.25, -0.2) is 0 Å². The molecule has 1 aromatic rings. The summed E-state index contributed by atoms with van der Waals surface area (Å²) in [6, 6.07) is 7.04. The van der Waals surface area contributed by atoms with Gasteiger partial charge in [0.2, 0.25) is 0 Å². The number of nitrogens with two attached hydrogens (primary N) is 1. The molecule has 1 saturated carbocycles. The average Bonchev–Trinajstić information content (AvgIpc) is 3.18. The smallest absolute Gasteiger partial charge is 0.122 e. The molecule has 1 atom stereocenters. The van der Waals surface area contributed by atoms with Crippen molar-refractivity contribution in [3.05, 3.63) is 29.3 Å². The Bertz CT molecular complexity index is 460. The number of hydrogen-bond donors (Lipinski definition) is 2. The highest BCUT2D eigenvalue weighted by molar-refractivity contribution is 7.99. The third-order valence-electron chi connectivity index (χ3n) is 4.61. The summed E-state index contributed by atoms with van der Waals surface area (Å²) in [7, 11) is 0. The molecule has 1 aliphatic carbocycles. The molecule has 1 heterocycles. The van der Waals surface area contributed by atoms with E-state index in [1.54, 1.807) is 0 Å². The van der Waals surface area contributed by atoms with Gasteiger partial charge in [-0.3, -0.25) is 11.3 Å². The molecule has 0 spiro atoms. The summed E-state index contributed by atoms with van der Waals surface area (Å²) in [5, 5.41) is 0.873. The van der Waals surface area contributed by atoms with E-state index in [1.807, 2.05) is 0 Å². The fourth-order valence-corrected chi connectivity index (χ4v) is 4.69. The van der Waals surface area contributed by atoms with Crippen molar-refractivity contribution in [2.45, 2.75) is 56.2 Å². The van der Waals surface area contributed by atoms with Crippen LogP contribution >= 0.6 is 11.8 Å². The molecule has 1 fully saturated rings. The fourth-order valence-electron chi connectivity index (χ4n) is 3.26. The van der Waals surface area contributed by atoms with Crippen molar-refractivity contribution in [2.24, 2.45) is 5.84 Å². The number of nitrogens with one attached hydrogen (secondary N) is 1. The normalized spacial score (nSPS) is 19.5. The number of hydrogen-bond acceptors (Lipinski definition) is 4. The quantitative estimate of drug-likeness (QED) is 0.600. The molecule has 2 aliphatic rings. The molecule has 0 saturated heterocycles. The van der Waals surface area contributed by atoms with Gasteiger partial charge in [0.1, 0.15) is 5.75 Å². The standard InChI is InChI=1S/C17H26N2OS/c18-19-15(12-21-16-3-1-2-4-16)7-5-13-6-8-17-14(11-13)9-10-20-17/h6,8,11,15-16,19H,1-5,7,9-10,12,18H2. The van der Waals surface area contributed by atoms with Crippen molar-refractivity contribution in [3.63, 3.8) is 0 Å². The third kappa shape index (κ3) is 4.15. The highest BCUT2D eigenvalue weighted by Gasteiger charge is 2.18. The van der Waals surface area contributed by atoms with Crippen LogP contribution in [0.2, 0.25) is 0 Å². The van der Waals surface area contributed by atoms with E-state index >= 15 is 0 Å². The van der Waals surface area contributed by atoms with Crippen LogP contribution in [0.4, 0.5) is 0 Å². The predicted molar refractivity (Wildman–Crippen MR) is 89.8 cm³/mol. The lowest BCUT2D eigenvalue weighted by Crippen LogP contribution is -2.37. The highest BCUT2D eigenvalue weighted by Crippen LogP contribution is 2.30. The number of hydrazine groups is 1. The topological polar surface area (TPSA) is 47.3 Å². The Morgan fingerprint density at radius 1 is 1.33 bits per heavy atom. The monoisotopic (exact) mass is 306 g/mol. The molecule has 21 heavy (non-hydrogen) atoms. The molecule has 4 heteroatoms. The van der Waals surface area contributed by atoms with Crippen LogP contribution in [-0.4, -0.2) is 23.7 Å². The number of aryl methyl sites for hydroxylation is 1. The Hall–Kier alpha value is -0.710. The van der Waals surface area contributed by atoms with Gasteiger partial charge in [-0.1, -0.05) is 25.0 Å². The molecule has 0 amide bonds. The second kappa shape index (κ2) is 7.52. The van der Waals surface area contributed by atoms with E-state index in [1.165, 1.54) is 36.8 Å². The molecule has 116 valence electrons. The first-order chi connectivity index (χ1) is 10.3. The SMILES string of the molecule is NNC(CCc1ccc2c(c1)CCO2)CSC1CCCC1. The minimum Gasteiger partial charge on any atom is -0.493 e. The zero-order valence-electron chi connectivity index (χ0n) is 12.6. The summed E-state index contributed by atoms with van der Waals surface area (Å²) in [5.74, 6) is 7.94. The molecular formula is C17H26N2OS. The Morgan fingerprint density at radius 2 is 2.19 bits per heavy atom. The predicted octanol–water partition coefficient (Wildman–Crippen LogP) is 3.06. The van der Waals surface area contributed by atoms with Gasteiger partial charge in [0.15, 0.2) is 0 Å². The number of fused-ring (bicyclic) bond motifs is 1. The number of ether oxygens (including phenoxy) is 1. The molecule has 1 aliphatic heterocycles. The van der Waals surface area contributed by atoms with Crippen LogP contribution in [0, 0.1) is 0 Å². The lowest BCUT2D eigenvalue weighted by molar-refractivity contribution is 0.357. The minimum atomic E-state index is 0.417. The third-order valence-corrected chi connectivity index (χ3v) is 6.14. The summed E-state index contributed by atoms with van der Waals surface area (Å²) < 4.78 is 5.56. The first-order valence-electron chi connectivity index (χ1n) is 8.17. The van der Waals surface area contributed by atoms with Gasteiger partial charge in [-0.2, -0.15) is 11.8 Å². The van der Waals surface area contributed by atoms with Crippen molar-refractivity contribution in [1.29, 1.82) is 0 Å². The van der Waals surface area contributed by atoms with Gasteiger partial charge in [0.05, 0.1) is 6.61 Å². The van der Waals surface area contributed by atoms with Crippen LogP contribution in [0.1, 0.15) is 43.2 Å². The second-order valence-electron chi connectivity index (χ2n) is 6.18. The lowest BCUT2D eigenvalue weighted by Gasteiger charge is -2.18. The Kier molecular flexibility index (Phi) is 5.44. The zero-order valence-corrected chi connectivity index (χ0v) is 13.5. The second-order valence-corrected chi connectivity index (χ2v) is 7.52. The van der Waals surface area contributed by atoms with E-state index in [9.17, 15) is 0 Å². The Morgan fingerprint density at radius 3 is 3.00 bits per heavy atom. The fraction of sp³-hybridized carbons (Fsp3) is 0.647. The molecule has 1 unspecified atom stereocenters. The molecule has 3 nitrogen and oxygen atoms in total. The number of thioether (sulfide) groups is 1. The highest BCUT2D eigenvalue weighted by atomic mass is 32.2. The molecular weight excluding hydrogens is 280 g/mol. The first-order valence-corrected chi connectivity index (χ1v) is 9.22. The van der Waals surface area contributed by atoms with Crippen LogP contribution in [0.25, 0.3) is 0 Å². The van der Waals surface area contributed by atoms with E-state index in [-0.39, 0.29) is 0 Å². The number of rotatable bonds is 7. The van der Waals surface area contributed by atoms with E-state index in [2.05, 4.69) is 35.4 Å². The maximum Gasteiger partial charge on any atom is 0.122 e. The van der Waals surface area contributed by atoms with E-state index in [4.69, 9.17) is 10.6 Å². The minimum absolute atomic E-state index is 0.417. The van der Waals surface area contributed by atoms with E-state index in [0.29, 0.717) is 6.04 Å². The van der Waals surface area contributed by atoms with Crippen molar-refractivity contribution in [3.8, 4) is 5.75 Å². The summed E-state index contributed by atoms with van der Waals surface area (Å²) in [6.45, 7) is 0.837. The van der Waals surface area contributed by atoms with Crippen LogP contribution < -0.4 is 16.0 Å². The van der Waals surface area contributed by atoms with Crippen molar-refractivity contribution < 1.29 is 4.74 Å². The van der Waals surface area contributed by atoms with Gasteiger partial charge >= 0.3 is 0 Å². The van der Waals surface area contributed by atoms with Crippen LogP contribution in [0.3, 0.4) is 0 Å². The average molecular weight is 306 g/mol. The van der Waals surface area contributed by atoms with Gasteiger partial charge in [-0.15, -0.1) is 0 Å². The summed E-state index contributed by atoms with van der Waals surface area (Å²) in [6.07, 6.45) is 8.87. The van der Waals surface area contributed by atoms with Crippen molar-refractivity contribution in [2.75, 3.05) is 12.4 Å². The lowest BCUT2D eigenvalue weighted by atomic mass is 10.0. The molecule has 0 bridgehead atoms. The van der Waals surface area contributed by atoms with Crippen LogP contribution in [0.15, 0.2) is 18.2 Å². The van der Waals surface area contributed by atoms with Gasteiger partial charge < -0.3 is 4.74 Å².